The van der Waals surface area contributed by atoms with Crippen molar-refractivity contribution >= 4 is 5.97 Å². The zero-order valence-corrected chi connectivity index (χ0v) is 6.48. The van der Waals surface area contributed by atoms with E-state index >= 15 is 0 Å². The number of carbonyl (C=O) groups excluding carboxylic acids is 1. The van der Waals surface area contributed by atoms with Crippen molar-refractivity contribution in [3.8, 4) is 0 Å². The van der Waals surface area contributed by atoms with Gasteiger partial charge in [0.05, 0.1) is 5.56 Å². The highest BCUT2D eigenvalue weighted by molar-refractivity contribution is 5.89. The quantitative estimate of drug-likeness (QED) is 0.496. The van der Waals surface area contributed by atoms with Gasteiger partial charge in [-0.15, -0.1) is 4.91 Å². The van der Waals surface area contributed by atoms with Gasteiger partial charge in [0.1, 0.15) is 0 Å². The van der Waals surface area contributed by atoms with Crippen LogP contribution in [0.1, 0.15) is 15.9 Å². The summed E-state index contributed by atoms with van der Waals surface area (Å²) in [5, 5.41) is 2.04. The van der Waals surface area contributed by atoms with Crippen molar-refractivity contribution in [1.29, 1.82) is 0 Å². The second kappa shape index (κ2) is 3.61. The fourth-order valence-electron chi connectivity index (χ4n) is 0.859. The molecule has 0 bridgehead atoms. The molecule has 0 spiro atoms. The topological polar surface area (TPSA) is 55.7 Å². The number of benzene rings is 1. The zero-order valence-electron chi connectivity index (χ0n) is 6.48. The number of hydrogen-bond donors (Lipinski definition) is 0. The van der Waals surface area contributed by atoms with E-state index < -0.39 is 5.97 Å². The third kappa shape index (κ3) is 1.88. The molecule has 12 heavy (non-hydrogen) atoms. The molecule has 1 rings (SSSR count). The minimum atomic E-state index is -0.728. The molecule has 0 fully saturated rings. The molecule has 0 saturated heterocycles. The van der Waals surface area contributed by atoms with E-state index in [2.05, 4.69) is 4.84 Å². The molecule has 1 aromatic carbocycles. The summed E-state index contributed by atoms with van der Waals surface area (Å²) in [4.78, 5) is 24.4. The number of carbonyl (C=O) groups is 1. The lowest BCUT2D eigenvalue weighted by molar-refractivity contribution is 0.0508. The lowest BCUT2D eigenvalue weighted by Gasteiger charge is -1.95. The predicted octanol–water partition coefficient (Wildman–Crippen LogP) is 1.83. The number of rotatable bonds is 2. The number of nitrogens with zero attached hydrogens (tertiary/aromatic N) is 1. The van der Waals surface area contributed by atoms with Crippen molar-refractivity contribution in [2.45, 2.75) is 6.92 Å². The average molecular weight is 165 g/mol. The Kier molecular flexibility index (Phi) is 2.53. The van der Waals surface area contributed by atoms with E-state index in [-0.39, 0.29) is 0 Å². The van der Waals surface area contributed by atoms with Gasteiger partial charge in [0.25, 0.3) is 0 Å². The van der Waals surface area contributed by atoms with E-state index in [1.807, 2.05) is 18.3 Å². The molecule has 0 aliphatic rings. The normalized spacial score (nSPS) is 9.08. The summed E-state index contributed by atoms with van der Waals surface area (Å²) in [6.45, 7) is 1.84. The fraction of sp³-hybridized carbons (Fsp3) is 0.125. The monoisotopic (exact) mass is 165 g/mol. The Hall–Kier alpha value is -1.71. The van der Waals surface area contributed by atoms with Crippen LogP contribution in [0.4, 0.5) is 0 Å². The molecule has 0 radical (unpaired) electrons. The Bertz CT molecular complexity index is 309. The van der Waals surface area contributed by atoms with Crippen LogP contribution < -0.4 is 0 Å². The molecular formula is C8H7NO3. The average Bonchev–Trinajstić information content (AvgIpc) is 2.05. The van der Waals surface area contributed by atoms with E-state index in [0.29, 0.717) is 5.56 Å². The van der Waals surface area contributed by atoms with Gasteiger partial charge >= 0.3 is 5.97 Å². The first-order valence-electron chi connectivity index (χ1n) is 3.34. The summed E-state index contributed by atoms with van der Waals surface area (Å²) >= 11 is 0. The summed E-state index contributed by atoms with van der Waals surface area (Å²) in [6.07, 6.45) is 0. The lowest BCUT2D eigenvalue weighted by Crippen LogP contribution is -1.99. The van der Waals surface area contributed by atoms with Crippen molar-refractivity contribution in [3.05, 3.63) is 40.3 Å². The predicted molar refractivity (Wildman–Crippen MR) is 42.4 cm³/mol. The van der Waals surface area contributed by atoms with Crippen molar-refractivity contribution in [1.82, 2.24) is 0 Å². The molecule has 0 aliphatic heterocycles. The first-order valence-corrected chi connectivity index (χ1v) is 3.34. The van der Waals surface area contributed by atoms with Gasteiger partial charge < -0.3 is 0 Å². The first kappa shape index (κ1) is 8.39. The van der Waals surface area contributed by atoms with Crippen LogP contribution in [0.15, 0.2) is 29.6 Å². The fourth-order valence-corrected chi connectivity index (χ4v) is 0.859. The van der Waals surface area contributed by atoms with E-state index in [1.54, 1.807) is 18.2 Å². The second-order valence-electron chi connectivity index (χ2n) is 2.32. The SMILES string of the molecule is Cc1cccc(C(=O)ON=O)c1. The smallest absolute Gasteiger partial charge is 0.279 e. The van der Waals surface area contributed by atoms with E-state index in [9.17, 15) is 9.70 Å². The second-order valence-corrected chi connectivity index (χ2v) is 2.32. The van der Waals surface area contributed by atoms with Crippen molar-refractivity contribution in [2.75, 3.05) is 0 Å². The lowest BCUT2D eigenvalue weighted by atomic mass is 10.1. The maximum absolute atomic E-state index is 10.9. The molecule has 0 atom stereocenters. The Balaban J connectivity index is 2.87. The van der Waals surface area contributed by atoms with Gasteiger partial charge in [-0.25, -0.2) is 4.79 Å². The van der Waals surface area contributed by atoms with Crippen molar-refractivity contribution < 1.29 is 9.63 Å². The van der Waals surface area contributed by atoms with Gasteiger partial charge in [-0.3, -0.25) is 4.84 Å². The Morgan fingerprint density at radius 1 is 1.50 bits per heavy atom. The molecule has 0 aliphatic carbocycles. The van der Waals surface area contributed by atoms with Gasteiger partial charge in [0, 0.05) is 0 Å². The molecule has 0 aromatic heterocycles. The molecule has 0 saturated carbocycles. The maximum atomic E-state index is 10.9. The van der Waals surface area contributed by atoms with Gasteiger partial charge in [-0.05, 0) is 19.1 Å². The molecule has 4 nitrogen and oxygen atoms in total. The van der Waals surface area contributed by atoms with Crippen LogP contribution in [-0.2, 0) is 4.84 Å². The van der Waals surface area contributed by atoms with Crippen LogP contribution in [-0.4, -0.2) is 5.97 Å². The number of hydrogen-bond acceptors (Lipinski definition) is 4. The van der Waals surface area contributed by atoms with Crippen LogP contribution in [0, 0.1) is 11.8 Å². The number of aryl methyl sites for hydroxylation is 1. The highest BCUT2D eigenvalue weighted by atomic mass is 16.7. The molecule has 62 valence electrons. The van der Waals surface area contributed by atoms with Gasteiger partial charge in [-0.1, -0.05) is 17.7 Å². The summed E-state index contributed by atoms with van der Waals surface area (Å²) < 4.78 is 0. The van der Waals surface area contributed by atoms with Crippen molar-refractivity contribution in [3.63, 3.8) is 0 Å². The van der Waals surface area contributed by atoms with Crippen LogP contribution in [0.2, 0.25) is 0 Å². The van der Waals surface area contributed by atoms with Gasteiger partial charge in [-0.2, -0.15) is 0 Å². The summed E-state index contributed by atoms with van der Waals surface area (Å²) in [7, 11) is 0. The van der Waals surface area contributed by atoms with Gasteiger partial charge in [0.2, 0.25) is 0 Å². The molecular weight excluding hydrogens is 158 g/mol. The molecule has 0 amide bonds. The van der Waals surface area contributed by atoms with Crippen LogP contribution in [0.3, 0.4) is 0 Å². The van der Waals surface area contributed by atoms with Crippen LogP contribution >= 0.6 is 0 Å². The summed E-state index contributed by atoms with van der Waals surface area (Å²) in [5.74, 6) is -0.728. The molecule has 0 N–H and O–H groups in total. The molecule has 0 unspecified atom stereocenters. The summed E-state index contributed by atoms with van der Waals surface area (Å²) in [5.41, 5.74) is 1.25. The maximum Gasteiger partial charge on any atom is 0.369 e. The molecule has 1 aromatic rings. The van der Waals surface area contributed by atoms with E-state index in [0.717, 1.165) is 5.56 Å². The van der Waals surface area contributed by atoms with Crippen LogP contribution in [0.25, 0.3) is 0 Å². The molecule has 0 heterocycles. The standard InChI is InChI=1S/C8H7NO3/c1-6-3-2-4-7(5-6)8(10)12-9-11/h2-5H,1H3. The zero-order chi connectivity index (χ0) is 8.97. The van der Waals surface area contributed by atoms with Gasteiger partial charge in [0.15, 0.2) is 5.34 Å². The largest absolute Gasteiger partial charge is 0.369 e. The minimum absolute atomic E-state index is 0.328. The minimum Gasteiger partial charge on any atom is -0.279 e. The van der Waals surface area contributed by atoms with Crippen molar-refractivity contribution in [2.24, 2.45) is 5.34 Å². The molecule has 4 heteroatoms. The Morgan fingerprint density at radius 2 is 2.25 bits per heavy atom. The summed E-state index contributed by atoms with van der Waals surface area (Å²) in [6, 6.07) is 6.72. The van der Waals surface area contributed by atoms with Crippen LogP contribution in [0.5, 0.6) is 0 Å². The highest BCUT2D eigenvalue weighted by Gasteiger charge is 2.06. The highest BCUT2D eigenvalue weighted by Crippen LogP contribution is 2.05. The van der Waals surface area contributed by atoms with E-state index in [4.69, 9.17) is 0 Å². The van der Waals surface area contributed by atoms with E-state index in [1.165, 1.54) is 0 Å². The Morgan fingerprint density at radius 3 is 2.83 bits per heavy atom. The Labute approximate surface area is 69.1 Å². The third-order valence-electron chi connectivity index (χ3n) is 1.37. The first-order chi connectivity index (χ1) is 5.74. The third-order valence-corrected chi connectivity index (χ3v) is 1.37.